The summed E-state index contributed by atoms with van der Waals surface area (Å²) in [5, 5.41) is 12.2. The predicted octanol–water partition coefficient (Wildman–Crippen LogP) is 4.74. The first-order valence-electron chi connectivity index (χ1n) is 9.53. The van der Waals surface area contributed by atoms with Crippen LogP contribution in [0.3, 0.4) is 0 Å². The fraction of sp³-hybridized carbons (Fsp3) is 0.167. The minimum atomic E-state index is -0.462. The molecular weight excluding hydrogens is 378 g/mol. The van der Waals surface area contributed by atoms with Crippen molar-refractivity contribution in [2.45, 2.75) is 13.8 Å². The molecule has 0 bridgehead atoms. The lowest BCUT2D eigenvalue weighted by atomic mass is 10.2. The Hall–Kier alpha value is -3.98. The monoisotopic (exact) mass is 401 g/mol. The molecule has 2 aromatic carbocycles. The number of ether oxygens (including phenoxy) is 2. The van der Waals surface area contributed by atoms with E-state index in [9.17, 15) is 10.1 Å². The number of nitriles is 1. The van der Waals surface area contributed by atoms with E-state index < -0.39 is 5.91 Å². The molecule has 30 heavy (non-hydrogen) atoms. The second-order valence-electron chi connectivity index (χ2n) is 6.56. The third-order valence-corrected chi connectivity index (χ3v) is 4.48. The highest BCUT2D eigenvalue weighted by Crippen LogP contribution is 2.21. The Bertz CT molecular complexity index is 1090. The Balaban J connectivity index is 1.78. The van der Waals surface area contributed by atoms with Crippen molar-refractivity contribution < 1.29 is 14.3 Å². The molecule has 152 valence electrons. The van der Waals surface area contributed by atoms with Crippen LogP contribution in [-0.4, -0.2) is 24.2 Å². The third kappa shape index (κ3) is 4.89. The number of methoxy groups -OCH3 is 1. The average Bonchev–Trinajstić information content (AvgIpc) is 3.13. The van der Waals surface area contributed by atoms with E-state index in [4.69, 9.17) is 9.47 Å². The summed E-state index contributed by atoms with van der Waals surface area (Å²) in [6.07, 6.45) is 3.47. The Morgan fingerprint density at radius 2 is 1.80 bits per heavy atom. The van der Waals surface area contributed by atoms with Crippen molar-refractivity contribution >= 4 is 17.7 Å². The first-order valence-corrected chi connectivity index (χ1v) is 9.53. The summed E-state index contributed by atoms with van der Waals surface area (Å²) >= 11 is 0. The van der Waals surface area contributed by atoms with Gasteiger partial charge >= 0.3 is 0 Å². The maximum Gasteiger partial charge on any atom is 0.266 e. The second kappa shape index (κ2) is 9.48. The first-order chi connectivity index (χ1) is 14.5. The van der Waals surface area contributed by atoms with Crippen molar-refractivity contribution in [3.05, 3.63) is 77.6 Å². The van der Waals surface area contributed by atoms with Crippen molar-refractivity contribution in [2.75, 3.05) is 19.0 Å². The lowest BCUT2D eigenvalue weighted by molar-refractivity contribution is -0.112. The van der Waals surface area contributed by atoms with Crippen molar-refractivity contribution in [3.63, 3.8) is 0 Å². The molecule has 0 spiro atoms. The molecule has 0 aliphatic heterocycles. The van der Waals surface area contributed by atoms with E-state index in [1.54, 1.807) is 37.5 Å². The van der Waals surface area contributed by atoms with Gasteiger partial charge in [0, 0.05) is 23.3 Å². The number of rotatable bonds is 7. The summed E-state index contributed by atoms with van der Waals surface area (Å²) in [5.41, 5.74) is 3.33. The van der Waals surface area contributed by atoms with Crippen LogP contribution < -0.4 is 14.8 Å². The number of nitrogens with one attached hydrogen (secondary N) is 1. The van der Waals surface area contributed by atoms with Gasteiger partial charge in [-0.3, -0.25) is 4.79 Å². The van der Waals surface area contributed by atoms with Crippen LogP contribution in [0.25, 0.3) is 11.8 Å². The molecule has 6 heteroatoms. The minimum Gasteiger partial charge on any atom is -0.497 e. The summed E-state index contributed by atoms with van der Waals surface area (Å²) in [6.45, 7) is 4.44. The van der Waals surface area contributed by atoms with Crippen LogP contribution in [0, 0.1) is 18.3 Å². The fourth-order valence-corrected chi connectivity index (χ4v) is 3.01. The number of anilines is 1. The van der Waals surface area contributed by atoms with Gasteiger partial charge in [-0.15, -0.1) is 0 Å². The molecule has 3 aromatic rings. The van der Waals surface area contributed by atoms with E-state index >= 15 is 0 Å². The van der Waals surface area contributed by atoms with Crippen LogP contribution in [0.2, 0.25) is 0 Å². The molecule has 0 saturated heterocycles. The zero-order chi connectivity index (χ0) is 21.5. The number of carbonyl (C=O) groups is 1. The van der Waals surface area contributed by atoms with Crippen molar-refractivity contribution in [1.29, 1.82) is 5.26 Å². The highest BCUT2D eigenvalue weighted by atomic mass is 16.5. The molecule has 1 N–H and O–H groups in total. The molecule has 6 nitrogen and oxygen atoms in total. The second-order valence-corrected chi connectivity index (χ2v) is 6.56. The van der Waals surface area contributed by atoms with Gasteiger partial charge < -0.3 is 19.4 Å². The molecule has 0 radical (unpaired) electrons. The normalized spacial score (nSPS) is 10.9. The lowest BCUT2D eigenvalue weighted by Crippen LogP contribution is -2.13. The summed E-state index contributed by atoms with van der Waals surface area (Å²) in [5.74, 6) is 1.04. The molecule has 0 aliphatic carbocycles. The van der Waals surface area contributed by atoms with Crippen LogP contribution in [0.15, 0.2) is 66.4 Å². The Labute approximate surface area is 176 Å². The fourth-order valence-electron chi connectivity index (χ4n) is 3.01. The van der Waals surface area contributed by atoms with E-state index in [0.29, 0.717) is 12.3 Å². The Morgan fingerprint density at radius 1 is 1.13 bits per heavy atom. The number of benzene rings is 2. The molecule has 1 heterocycles. The first kappa shape index (κ1) is 20.7. The van der Waals surface area contributed by atoms with Gasteiger partial charge in [0.25, 0.3) is 5.91 Å². The number of amides is 1. The number of aryl methyl sites for hydroxylation is 1. The summed E-state index contributed by atoms with van der Waals surface area (Å²) in [6, 6.07) is 18.6. The van der Waals surface area contributed by atoms with Gasteiger partial charge in [0.15, 0.2) is 0 Å². The highest BCUT2D eigenvalue weighted by Gasteiger charge is 2.11. The highest BCUT2D eigenvalue weighted by molar-refractivity contribution is 6.09. The van der Waals surface area contributed by atoms with Gasteiger partial charge in [-0.05, 0) is 80.1 Å². The largest absolute Gasteiger partial charge is 0.497 e. The SMILES string of the molecule is CCOc1ccc(NC(=O)/C(C#N)=C/c2cc(C)n(-c3ccc(OC)cc3)c2)cc1. The molecule has 1 aromatic heterocycles. The average molecular weight is 401 g/mol. The smallest absolute Gasteiger partial charge is 0.266 e. The van der Waals surface area contributed by atoms with Gasteiger partial charge in [-0.25, -0.2) is 0 Å². The predicted molar refractivity (Wildman–Crippen MR) is 117 cm³/mol. The standard InChI is InChI=1S/C24H23N3O3/c1-4-30-23-9-5-20(6-10-23)26-24(28)19(15-25)14-18-13-17(2)27(16-18)21-7-11-22(29-3)12-8-21/h5-14,16H,4H2,1-3H3,(H,26,28)/b19-14+. The van der Waals surface area contributed by atoms with Crippen LogP contribution in [-0.2, 0) is 4.79 Å². The molecule has 0 fully saturated rings. The molecule has 1 amide bonds. The minimum absolute atomic E-state index is 0.0239. The van der Waals surface area contributed by atoms with Crippen molar-refractivity contribution in [3.8, 4) is 23.3 Å². The van der Waals surface area contributed by atoms with Crippen LogP contribution >= 0.6 is 0 Å². The maximum atomic E-state index is 12.5. The molecule has 0 aliphatic rings. The van der Waals surface area contributed by atoms with Crippen molar-refractivity contribution in [2.24, 2.45) is 0 Å². The summed E-state index contributed by atoms with van der Waals surface area (Å²) in [7, 11) is 1.63. The molecule has 3 rings (SSSR count). The van der Waals surface area contributed by atoms with E-state index in [0.717, 1.165) is 28.4 Å². The van der Waals surface area contributed by atoms with E-state index in [-0.39, 0.29) is 5.57 Å². The quantitative estimate of drug-likeness (QED) is 0.458. The molecule has 0 unspecified atom stereocenters. The number of aromatic nitrogens is 1. The van der Waals surface area contributed by atoms with Crippen molar-refractivity contribution in [1.82, 2.24) is 4.57 Å². The molecular formula is C24H23N3O3. The zero-order valence-corrected chi connectivity index (χ0v) is 17.2. The lowest BCUT2D eigenvalue weighted by Gasteiger charge is -2.07. The van der Waals surface area contributed by atoms with Crippen LogP contribution in [0.4, 0.5) is 5.69 Å². The number of hydrogen-bond donors (Lipinski definition) is 1. The summed E-state index contributed by atoms with van der Waals surface area (Å²) in [4.78, 5) is 12.5. The number of nitrogens with zero attached hydrogens (tertiary/aromatic N) is 2. The van der Waals surface area contributed by atoms with Gasteiger partial charge in [0.05, 0.1) is 13.7 Å². The summed E-state index contributed by atoms with van der Waals surface area (Å²) < 4.78 is 12.6. The van der Waals surface area contributed by atoms with Gasteiger partial charge in [-0.2, -0.15) is 5.26 Å². The van der Waals surface area contributed by atoms with E-state index in [1.165, 1.54) is 0 Å². The number of hydrogen-bond acceptors (Lipinski definition) is 4. The topological polar surface area (TPSA) is 76.3 Å². The maximum absolute atomic E-state index is 12.5. The van der Waals surface area contributed by atoms with E-state index in [2.05, 4.69) is 5.32 Å². The number of carbonyl (C=O) groups excluding carboxylic acids is 1. The van der Waals surface area contributed by atoms with Gasteiger partial charge in [0.2, 0.25) is 0 Å². The molecule has 0 atom stereocenters. The van der Waals surface area contributed by atoms with Crippen LogP contribution in [0.5, 0.6) is 11.5 Å². The zero-order valence-electron chi connectivity index (χ0n) is 17.2. The third-order valence-electron chi connectivity index (χ3n) is 4.48. The molecule has 0 saturated carbocycles. The Kier molecular flexibility index (Phi) is 6.56. The van der Waals surface area contributed by atoms with Gasteiger partial charge in [-0.1, -0.05) is 0 Å². The Morgan fingerprint density at radius 3 is 2.40 bits per heavy atom. The van der Waals surface area contributed by atoms with Crippen LogP contribution in [0.1, 0.15) is 18.2 Å². The van der Waals surface area contributed by atoms with E-state index in [1.807, 2.05) is 61.0 Å². The van der Waals surface area contributed by atoms with Gasteiger partial charge in [0.1, 0.15) is 23.1 Å².